The van der Waals surface area contributed by atoms with Crippen molar-refractivity contribution in [2.24, 2.45) is 5.73 Å². The molecule has 2 amide bonds. The fraction of sp³-hybridized carbons (Fsp3) is 0.357. The molecule has 1 aromatic carbocycles. The van der Waals surface area contributed by atoms with Crippen molar-refractivity contribution in [1.82, 2.24) is 10.2 Å². The lowest BCUT2D eigenvalue weighted by atomic mass is 10.1. The van der Waals surface area contributed by atoms with Gasteiger partial charge in [-0.05, 0) is 12.5 Å². The van der Waals surface area contributed by atoms with Crippen LogP contribution in [0.4, 0.5) is 0 Å². The molecular weight excluding hydrogens is 274 g/mol. The number of carbonyl (C=O) groups is 2. The third kappa shape index (κ3) is 4.97. The lowest BCUT2D eigenvalue weighted by molar-refractivity contribution is -0.134. The summed E-state index contributed by atoms with van der Waals surface area (Å²) in [6, 6.07) is 7.20. The van der Waals surface area contributed by atoms with Gasteiger partial charge < -0.3 is 16.0 Å². The van der Waals surface area contributed by atoms with Crippen LogP contribution in [0.2, 0.25) is 0 Å². The second-order valence-electron chi connectivity index (χ2n) is 4.44. The number of likely N-dealkylation sites (N-methyl/N-ethyl adjacent to an activating group) is 2. The van der Waals surface area contributed by atoms with E-state index in [0.29, 0.717) is 11.5 Å². The average Bonchev–Trinajstić information content (AvgIpc) is 2.39. The van der Waals surface area contributed by atoms with Gasteiger partial charge in [0.15, 0.2) is 0 Å². The molecule has 0 radical (unpaired) electrons. The van der Waals surface area contributed by atoms with E-state index in [0.717, 1.165) is 11.1 Å². The molecule has 0 heterocycles. The predicted octanol–water partition coefficient (Wildman–Crippen LogP) is 0.458. The van der Waals surface area contributed by atoms with E-state index in [1.54, 1.807) is 19.2 Å². The number of benzene rings is 1. The molecule has 0 spiro atoms. The zero-order valence-electron chi connectivity index (χ0n) is 11.7. The van der Waals surface area contributed by atoms with Crippen molar-refractivity contribution in [2.75, 3.05) is 20.1 Å². The minimum absolute atomic E-state index is 0.0671. The number of carbonyl (C=O) groups excluding carboxylic acids is 2. The van der Waals surface area contributed by atoms with Crippen LogP contribution in [0.3, 0.4) is 0 Å². The lowest BCUT2D eigenvalue weighted by Gasteiger charge is -2.16. The first-order valence-electron chi connectivity index (χ1n) is 6.33. The largest absolute Gasteiger partial charge is 0.389 e. The van der Waals surface area contributed by atoms with Crippen LogP contribution in [0.25, 0.3) is 0 Å². The Balaban J connectivity index is 2.57. The molecule has 0 fully saturated rings. The van der Waals surface area contributed by atoms with E-state index in [9.17, 15) is 9.59 Å². The first kappa shape index (κ1) is 16.1. The van der Waals surface area contributed by atoms with Gasteiger partial charge in [-0.25, -0.2) is 0 Å². The van der Waals surface area contributed by atoms with Crippen molar-refractivity contribution >= 4 is 29.0 Å². The highest BCUT2D eigenvalue weighted by Gasteiger charge is 2.13. The standard InChI is InChI=1S/C14H19N3O2S/c1-3-16-12(18)9-17(2)13(19)8-10-4-6-11(7-5-10)14(15)20/h4-7H,3,8-9H2,1-2H3,(H2,15,20)(H,16,18). The van der Waals surface area contributed by atoms with E-state index in [4.69, 9.17) is 18.0 Å². The second-order valence-corrected chi connectivity index (χ2v) is 4.88. The van der Waals surface area contributed by atoms with Crippen molar-refractivity contribution in [1.29, 1.82) is 0 Å². The molecule has 0 saturated carbocycles. The number of nitrogens with zero attached hydrogens (tertiary/aromatic N) is 1. The number of hydrogen-bond donors (Lipinski definition) is 2. The highest BCUT2D eigenvalue weighted by Crippen LogP contribution is 2.06. The van der Waals surface area contributed by atoms with Gasteiger partial charge in [0, 0.05) is 19.2 Å². The molecule has 0 aliphatic heterocycles. The summed E-state index contributed by atoms with van der Waals surface area (Å²) in [6.45, 7) is 2.46. The molecule has 0 aliphatic carbocycles. The summed E-state index contributed by atoms with van der Waals surface area (Å²) >= 11 is 4.87. The van der Waals surface area contributed by atoms with Crippen LogP contribution >= 0.6 is 12.2 Å². The van der Waals surface area contributed by atoms with Crippen LogP contribution in [0.5, 0.6) is 0 Å². The molecule has 5 nitrogen and oxygen atoms in total. The maximum Gasteiger partial charge on any atom is 0.239 e. The van der Waals surface area contributed by atoms with Gasteiger partial charge in [-0.15, -0.1) is 0 Å². The Morgan fingerprint density at radius 2 is 1.90 bits per heavy atom. The van der Waals surface area contributed by atoms with E-state index in [1.165, 1.54) is 4.90 Å². The zero-order valence-corrected chi connectivity index (χ0v) is 12.5. The summed E-state index contributed by atoms with van der Waals surface area (Å²) in [7, 11) is 1.61. The van der Waals surface area contributed by atoms with E-state index >= 15 is 0 Å². The molecule has 0 bridgehead atoms. The molecule has 0 aromatic heterocycles. The lowest BCUT2D eigenvalue weighted by Crippen LogP contribution is -2.38. The first-order chi connectivity index (χ1) is 9.43. The Bertz CT molecular complexity index is 500. The second kappa shape index (κ2) is 7.59. The quantitative estimate of drug-likeness (QED) is 0.747. The van der Waals surface area contributed by atoms with Crippen LogP contribution in [0, 0.1) is 0 Å². The Kier molecular flexibility index (Phi) is 6.11. The third-order valence-electron chi connectivity index (χ3n) is 2.77. The van der Waals surface area contributed by atoms with Crippen molar-refractivity contribution in [2.45, 2.75) is 13.3 Å². The van der Waals surface area contributed by atoms with Crippen LogP contribution in [0.1, 0.15) is 18.1 Å². The van der Waals surface area contributed by atoms with Crippen LogP contribution in [-0.2, 0) is 16.0 Å². The van der Waals surface area contributed by atoms with E-state index in [2.05, 4.69) is 5.32 Å². The topological polar surface area (TPSA) is 75.4 Å². The van der Waals surface area contributed by atoms with Crippen molar-refractivity contribution < 1.29 is 9.59 Å². The minimum Gasteiger partial charge on any atom is -0.389 e. The van der Waals surface area contributed by atoms with Crippen LogP contribution in [-0.4, -0.2) is 41.8 Å². The Morgan fingerprint density at radius 3 is 2.40 bits per heavy atom. The molecule has 6 heteroatoms. The van der Waals surface area contributed by atoms with Crippen molar-refractivity contribution in [3.8, 4) is 0 Å². The van der Waals surface area contributed by atoms with Gasteiger partial charge in [0.25, 0.3) is 0 Å². The Labute approximate surface area is 124 Å². The van der Waals surface area contributed by atoms with Crippen molar-refractivity contribution in [3.63, 3.8) is 0 Å². The number of nitrogens with two attached hydrogens (primary N) is 1. The zero-order chi connectivity index (χ0) is 15.1. The van der Waals surface area contributed by atoms with E-state index in [-0.39, 0.29) is 24.8 Å². The van der Waals surface area contributed by atoms with Gasteiger partial charge in [0.2, 0.25) is 11.8 Å². The van der Waals surface area contributed by atoms with Crippen molar-refractivity contribution in [3.05, 3.63) is 35.4 Å². The predicted molar refractivity (Wildman–Crippen MR) is 82.4 cm³/mol. The first-order valence-corrected chi connectivity index (χ1v) is 6.74. The molecule has 20 heavy (non-hydrogen) atoms. The summed E-state index contributed by atoms with van der Waals surface area (Å²) in [5.41, 5.74) is 7.14. The normalized spacial score (nSPS) is 9.90. The third-order valence-corrected chi connectivity index (χ3v) is 3.01. The van der Waals surface area contributed by atoms with Gasteiger partial charge in [0.05, 0.1) is 13.0 Å². The monoisotopic (exact) mass is 293 g/mol. The molecule has 3 N–H and O–H groups in total. The fourth-order valence-electron chi connectivity index (χ4n) is 1.65. The Hall–Kier alpha value is -1.95. The number of amides is 2. The molecule has 0 atom stereocenters. The molecule has 1 aromatic rings. The molecule has 1 rings (SSSR count). The number of hydrogen-bond acceptors (Lipinski definition) is 3. The molecule has 0 unspecified atom stereocenters. The Morgan fingerprint density at radius 1 is 1.30 bits per heavy atom. The molecule has 108 valence electrons. The van der Waals surface area contributed by atoms with Crippen LogP contribution < -0.4 is 11.1 Å². The maximum atomic E-state index is 12.0. The highest BCUT2D eigenvalue weighted by molar-refractivity contribution is 7.80. The summed E-state index contributed by atoms with van der Waals surface area (Å²) in [6.07, 6.45) is 0.244. The average molecular weight is 293 g/mol. The van der Waals surface area contributed by atoms with Gasteiger partial charge in [-0.1, -0.05) is 36.5 Å². The van der Waals surface area contributed by atoms with E-state index < -0.39 is 0 Å². The summed E-state index contributed by atoms with van der Waals surface area (Å²) in [5.74, 6) is -0.272. The van der Waals surface area contributed by atoms with Gasteiger partial charge in [-0.3, -0.25) is 9.59 Å². The van der Waals surface area contributed by atoms with Crippen LogP contribution in [0.15, 0.2) is 24.3 Å². The maximum absolute atomic E-state index is 12.0. The summed E-state index contributed by atoms with van der Waals surface area (Å²) in [5, 5.41) is 2.65. The number of nitrogens with one attached hydrogen (secondary N) is 1. The number of thiocarbonyl (C=S) groups is 1. The fourth-order valence-corrected chi connectivity index (χ4v) is 1.79. The van der Waals surface area contributed by atoms with Gasteiger partial charge in [0.1, 0.15) is 4.99 Å². The van der Waals surface area contributed by atoms with Gasteiger partial charge >= 0.3 is 0 Å². The highest BCUT2D eigenvalue weighted by atomic mass is 32.1. The van der Waals surface area contributed by atoms with Gasteiger partial charge in [-0.2, -0.15) is 0 Å². The molecule has 0 saturated heterocycles. The summed E-state index contributed by atoms with van der Waals surface area (Å²) in [4.78, 5) is 25.1. The number of rotatable bonds is 6. The van der Waals surface area contributed by atoms with E-state index in [1.807, 2.05) is 19.1 Å². The molecular formula is C14H19N3O2S. The summed E-state index contributed by atoms with van der Waals surface area (Å²) < 4.78 is 0. The minimum atomic E-state index is -0.160. The smallest absolute Gasteiger partial charge is 0.239 e. The SMILES string of the molecule is CCNC(=O)CN(C)C(=O)Cc1ccc(C(N)=S)cc1. The molecule has 0 aliphatic rings.